The Kier molecular flexibility index (Phi) is 4.36. The fourth-order valence-electron chi connectivity index (χ4n) is 3.19. The smallest absolute Gasteiger partial charge is 0.407 e. The number of nitrogens with zero attached hydrogens (tertiary/aromatic N) is 4. The van der Waals surface area contributed by atoms with Crippen LogP contribution in [0.2, 0.25) is 0 Å². The van der Waals surface area contributed by atoms with Crippen molar-refractivity contribution in [1.82, 2.24) is 14.8 Å². The Hall–Kier alpha value is -2.31. The second-order valence-electron chi connectivity index (χ2n) is 6.04. The van der Waals surface area contributed by atoms with Gasteiger partial charge in [-0.3, -0.25) is 4.79 Å². The number of amides is 2. The Morgan fingerprint density at radius 3 is 2.35 bits per heavy atom. The molecule has 124 valence electrons. The topological polar surface area (TPSA) is 77.0 Å². The van der Waals surface area contributed by atoms with Crippen LogP contribution in [0.3, 0.4) is 0 Å². The first-order valence-electron chi connectivity index (χ1n) is 8.02. The van der Waals surface area contributed by atoms with Crippen LogP contribution in [0.1, 0.15) is 18.2 Å². The third kappa shape index (κ3) is 3.38. The molecule has 2 aliphatic rings. The molecule has 7 nitrogen and oxygen atoms in total. The molecule has 3 rings (SSSR count). The molecule has 0 aromatic carbocycles. The number of piperazine rings is 1. The minimum Gasteiger partial charge on any atom is -0.465 e. The van der Waals surface area contributed by atoms with Gasteiger partial charge in [-0.25, -0.2) is 9.78 Å². The monoisotopic (exact) mass is 318 g/mol. The van der Waals surface area contributed by atoms with E-state index in [4.69, 9.17) is 10.1 Å². The molecule has 3 heterocycles. The standard InChI is InChI=1S/C16H22N4O3/c1-12(21)18-8-10-19(11-9-18)15-3-2-13-4-6-20(16(22)23)7-5-14(13)17-15/h2-3H,4-11H2,1H3,(H,22,23). The fourth-order valence-corrected chi connectivity index (χ4v) is 3.19. The van der Waals surface area contributed by atoms with Crippen LogP contribution >= 0.6 is 0 Å². The van der Waals surface area contributed by atoms with Gasteiger partial charge in [-0.15, -0.1) is 0 Å². The number of pyridine rings is 1. The van der Waals surface area contributed by atoms with Gasteiger partial charge in [0.1, 0.15) is 5.82 Å². The Morgan fingerprint density at radius 2 is 1.70 bits per heavy atom. The average molecular weight is 318 g/mol. The van der Waals surface area contributed by atoms with E-state index >= 15 is 0 Å². The highest BCUT2D eigenvalue weighted by molar-refractivity contribution is 5.73. The highest BCUT2D eigenvalue weighted by atomic mass is 16.4. The second kappa shape index (κ2) is 6.44. The van der Waals surface area contributed by atoms with E-state index in [0.717, 1.165) is 43.3 Å². The lowest BCUT2D eigenvalue weighted by Crippen LogP contribution is -2.48. The van der Waals surface area contributed by atoms with Crippen LogP contribution in [-0.4, -0.2) is 71.2 Å². The fraction of sp³-hybridized carbons (Fsp3) is 0.562. The molecule has 1 saturated heterocycles. The van der Waals surface area contributed by atoms with Crippen molar-refractivity contribution in [1.29, 1.82) is 0 Å². The number of hydrogen-bond donors (Lipinski definition) is 1. The molecule has 0 saturated carbocycles. The number of aromatic nitrogens is 1. The summed E-state index contributed by atoms with van der Waals surface area (Å²) in [5, 5.41) is 9.14. The first-order chi connectivity index (χ1) is 11.0. The van der Waals surface area contributed by atoms with Gasteiger partial charge in [-0.2, -0.15) is 0 Å². The van der Waals surface area contributed by atoms with Gasteiger partial charge in [0, 0.05) is 58.3 Å². The summed E-state index contributed by atoms with van der Waals surface area (Å²) in [5.41, 5.74) is 2.14. The molecule has 0 spiro atoms. The number of carbonyl (C=O) groups excluding carboxylic acids is 1. The zero-order chi connectivity index (χ0) is 16.4. The molecule has 0 radical (unpaired) electrons. The van der Waals surface area contributed by atoms with Gasteiger partial charge in [0.15, 0.2) is 0 Å². The summed E-state index contributed by atoms with van der Waals surface area (Å²) < 4.78 is 0. The third-order valence-corrected chi connectivity index (χ3v) is 4.64. The minimum absolute atomic E-state index is 0.119. The van der Waals surface area contributed by atoms with E-state index in [9.17, 15) is 9.59 Å². The summed E-state index contributed by atoms with van der Waals surface area (Å²) in [6.45, 7) is 5.64. The van der Waals surface area contributed by atoms with Crippen LogP contribution < -0.4 is 4.90 Å². The summed E-state index contributed by atoms with van der Waals surface area (Å²) in [6, 6.07) is 4.08. The SMILES string of the molecule is CC(=O)N1CCN(c2ccc3c(n2)CCN(C(=O)O)CC3)CC1. The maximum Gasteiger partial charge on any atom is 0.407 e. The molecule has 2 aliphatic heterocycles. The largest absolute Gasteiger partial charge is 0.465 e. The number of hydrogen-bond acceptors (Lipinski definition) is 4. The molecule has 0 bridgehead atoms. The predicted molar refractivity (Wildman–Crippen MR) is 85.7 cm³/mol. The molecule has 0 unspecified atom stereocenters. The van der Waals surface area contributed by atoms with Crippen molar-refractivity contribution in [2.45, 2.75) is 19.8 Å². The van der Waals surface area contributed by atoms with E-state index in [1.165, 1.54) is 4.90 Å². The number of rotatable bonds is 1. The molecule has 7 heteroatoms. The molecular formula is C16H22N4O3. The van der Waals surface area contributed by atoms with Crippen LogP contribution in [0.4, 0.5) is 10.6 Å². The Labute approximate surface area is 135 Å². The van der Waals surface area contributed by atoms with Gasteiger partial charge >= 0.3 is 6.09 Å². The van der Waals surface area contributed by atoms with Crippen LogP contribution in [0.5, 0.6) is 0 Å². The molecule has 23 heavy (non-hydrogen) atoms. The van der Waals surface area contributed by atoms with Crippen molar-refractivity contribution in [3.63, 3.8) is 0 Å². The highest BCUT2D eigenvalue weighted by Crippen LogP contribution is 2.20. The molecule has 1 fully saturated rings. The van der Waals surface area contributed by atoms with Crippen LogP contribution in [0.15, 0.2) is 12.1 Å². The van der Waals surface area contributed by atoms with Crippen LogP contribution in [0, 0.1) is 0 Å². The van der Waals surface area contributed by atoms with Gasteiger partial charge in [0.2, 0.25) is 5.91 Å². The molecular weight excluding hydrogens is 296 g/mol. The summed E-state index contributed by atoms with van der Waals surface area (Å²) in [7, 11) is 0. The van der Waals surface area contributed by atoms with E-state index in [0.29, 0.717) is 25.9 Å². The quantitative estimate of drug-likeness (QED) is 0.830. The molecule has 1 N–H and O–H groups in total. The predicted octanol–water partition coefficient (Wildman–Crippen LogP) is 0.829. The van der Waals surface area contributed by atoms with Crippen molar-refractivity contribution in [2.24, 2.45) is 0 Å². The lowest BCUT2D eigenvalue weighted by Gasteiger charge is -2.35. The second-order valence-corrected chi connectivity index (χ2v) is 6.04. The van der Waals surface area contributed by atoms with Crippen LogP contribution in [-0.2, 0) is 17.6 Å². The number of fused-ring (bicyclic) bond motifs is 1. The lowest BCUT2D eigenvalue weighted by molar-refractivity contribution is -0.129. The van der Waals surface area contributed by atoms with Crippen LogP contribution in [0.25, 0.3) is 0 Å². The molecule has 1 aromatic heterocycles. The lowest BCUT2D eigenvalue weighted by atomic mass is 10.1. The number of carbonyl (C=O) groups is 2. The maximum atomic E-state index is 11.4. The Balaban J connectivity index is 1.70. The zero-order valence-electron chi connectivity index (χ0n) is 13.4. The summed E-state index contributed by atoms with van der Waals surface area (Å²) in [4.78, 5) is 32.8. The number of anilines is 1. The Morgan fingerprint density at radius 1 is 1.00 bits per heavy atom. The molecule has 0 aliphatic carbocycles. The van der Waals surface area contributed by atoms with Crippen molar-refractivity contribution in [3.05, 3.63) is 23.4 Å². The maximum absolute atomic E-state index is 11.4. The van der Waals surface area contributed by atoms with E-state index in [-0.39, 0.29) is 5.91 Å². The van der Waals surface area contributed by atoms with Gasteiger partial charge in [-0.1, -0.05) is 6.07 Å². The van der Waals surface area contributed by atoms with E-state index in [1.54, 1.807) is 6.92 Å². The van der Waals surface area contributed by atoms with Crippen molar-refractivity contribution in [3.8, 4) is 0 Å². The van der Waals surface area contributed by atoms with Gasteiger partial charge in [0.05, 0.1) is 0 Å². The van der Waals surface area contributed by atoms with E-state index in [1.807, 2.05) is 11.0 Å². The van der Waals surface area contributed by atoms with E-state index in [2.05, 4.69) is 11.0 Å². The normalized spacial score (nSPS) is 18.4. The van der Waals surface area contributed by atoms with Gasteiger partial charge in [-0.05, 0) is 18.1 Å². The average Bonchev–Trinajstić information content (AvgIpc) is 2.77. The molecule has 1 aromatic rings. The zero-order valence-corrected chi connectivity index (χ0v) is 13.4. The summed E-state index contributed by atoms with van der Waals surface area (Å²) >= 11 is 0. The molecule has 0 atom stereocenters. The highest BCUT2D eigenvalue weighted by Gasteiger charge is 2.22. The van der Waals surface area contributed by atoms with E-state index < -0.39 is 6.09 Å². The first-order valence-corrected chi connectivity index (χ1v) is 8.02. The van der Waals surface area contributed by atoms with Gasteiger partial charge < -0.3 is 19.8 Å². The third-order valence-electron chi connectivity index (χ3n) is 4.64. The summed E-state index contributed by atoms with van der Waals surface area (Å²) in [5.74, 6) is 1.05. The number of carboxylic acid groups (broad SMARTS) is 1. The summed E-state index contributed by atoms with van der Waals surface area (Å²) in [6.07, 6.45) is 0.508. The van der Waals surface area contributed by atoms with Gasteiger partial charge in [0.25, 0.3) is 0 Å². The van der Waals surface area contributed by atoms with Crippen molar-refractivity contribution >= 4 is 17.8 Å². The minimum atomic E-state index is -0.863. The van der Waals surface area contributed by atoms with Crippen molar-refractivity contribution < 1.29 is 14.7 Å². The van der Waals surface area contributed by atoms with Crippen molar-refractivity contribution in [2.75, 3.05) is 44.2 Å². The Bertz CT molecular complexity index is 611. The molecule has 2 amide bonds. The first kappa shape index (κ1) is 15.6.